The van der Waals surface area contributed by atoms with Crippen molar-refractivity contribution in [3.63, 3.8) is 0 Å². The molecule has 4 nitrogen and oxygen atoms in total. The van der Waals surface area contributed by atoms with Gasteiger partial charge in [-0.3, -0.25) is 9.69 Å². The molecule has 0 radical (unpaired) electrons. The van der Waals surface area contributed by atoms with E-state index in [4.69, 9.17) is 16.6 Å². The number of H-pyrrole nitrogens is 1. The summed E-state index contributed by atoms with van der Waals surface area (Å²) >= 11 is 6.34. The van der Waals surface area contributed by atoms with Gasteiger partial charge < -0.3 is 4.98 Å². The van der Waals surface area contributed by atoms with E-state index >= 15 is 0 Å². The summed E-state index contributed by atoms with van der Waals surface area (Å²) in [6, 6.07) is 5.98. The predicted molar refractivity (Wildman–Crippen MR) is 90.8 cm³/mol. The second-order valence-electron chi connectivity index (χ2n) is 6.65. The van der Waals surface area contributed by atoms with Crippen molar-refractivity contribution in [1.82, 2.24) is 14.9 Å². The molecule has 1 aliphatic heterocycles. The summed E-state index contributed by atoms with van der Waals surface area (Å²) in [6.07, 6.45) is 3.14. The average Bonchev–Trinajstić information content (AvgIpc) is 3.36. The number of aryl methyl sites for hydroxylation is 1. The molecule has 120 valence electrons. The van der Waals surface area contributed by atoms with E-state index in [1.165, 1.54) is 5.56 Å². The predicted octanol–water partition coefficient (Wildman–Crippen LogP) is 3.17. The van der Waals surface area contributed by atoms with Crippen LogP contribution in [0.3, 0.4) is 0 Å². The van der Waals surface area contributed by atoms with Crippen LogP contribution in [0.15, 0.2) is 23.0 Å². The topological polar surface area (TPSA) is 49.0 Å². The van der Waals surface area contributed by atoms with Gasteiger partial charge in [-0.2, -0.15) is 0 Å². The van der Waals surface area contributed by atoms with Crippen molar-refractivity contribution in [2.45, 2.75) is 45.2 Å². The molecule has 5 heteroatoms. The fourth-order valence-corrected chi connectivity index (χ4v) is 3.56. The van der Waals surface area contributed by atoms with E-state index < -0.39 is 0 Å². The lowest BCUT2D eigenvalue weighted by molar-refractivity contribution is 0.241. The molecular weight excluding hydrogens is 310 g/mol. The molecule has 0 atom stereocenters. The fourth-order valence-electron chi connectivity index (χ4n) is 3.28. The van der Waals surface area contributed by atoms with Crippen LogP contribution in [0.1, 0.15) is 47.0 Å². The summed E-state index contributed by atoms with van der Waals surface area (Å²) in [5, 5.41) is 0.798. The van der Waals surface area contributed by atoms with Crippen molar-refractivity contribution in [1.29, 1.82) is 0 Å². The molecule has 0 saturated heterocycles. The maximum absolute atomic E-state index is 12.4. The van der Waals surface area contributed by atoms with E-state index in [1.54, 1.807) is 0 Å². The molecule has 1 aromatic carbocycles. The third-order valence-electron chi connectivity index (χ3n) is 4.86. The quantitative estimate of drug-likeness (QED) is 0.941. The molecule has 0 unspecified atom stereocenters. The lowest BCUT2D eigenvalue weighted by Gasteiger charge is -2.28. The smallest absolute Gasteiger partial charge is 0.255 e. The fraction of sp³-hybridized carbons (Fsp3) is 0.444. The number of aromatic nitrogens is 2. The largest absolute Gasteiger partial charge is 0.310 e. The highest BCUT2D eigenvalue weighted by molar-refractivity contribution is 6.31. The minimum atomic E-state index is 0.0393. The van der Waals surface area contributed by atoms with Gasteiger partial charge in [0, 0.05) is 37.0 Å². The summed E-state index contributed by atoms with van der Waals surface area (Å²) in [5.41, 5.74) is 4.20. The van der Waals surface area contributed by atoms with Gasteiger partial charge in [-0.05, 0) is 37.0 Å². The van der Waals surface area contributed by atoms with Gasteiger partial charge >= 0.3 is 0 Å². The van der Waals surface area contributed by atoms with Crippen LogP contribution in [-0.4, -0.2) is 21.4 Å². The SMILES string of the molecule is Cc1cccc(Cl)c1CN1CCc2nc(C3CC3)[nH]c(=O)c2C1. The lowest BCUT2D eigenvalue weighted by atomic mass is 10.0. The van der Waals surface area contributed by atoms with Crippen LogP contribution in [0.25, 0.3) is 0 Å². The Bertz CT molecular complexity index is 790. The number of nitrogens with zero attached hydrogens (tertiary/aromatic N) is 2. The van der Waals surface area contributed by atoms with E-state index in [0.717, 1.165) is 60.0 Å². The second-order valence-corrected chi connectivity index (χ2v) is 7.05. The van der Waals surface area contributed by atoms with Crippen molar-refractivity contribution in [2.75, 3.05) is 6.54 Å². The summed E-state index contributed by atoms with van der Waals surface area (Å²) in [6.45, 7) is 4.41. The molecule has 1 N–H and O–H groups in total. The maximum atomic E-state index is 12.4. The zero-order valence-electron chi connectivity index (χ0n) is 13.2. The van der Waals surface area contributed by atoms with Crippen LogP contribution in [0.2, 0.25) is 5.02 Å². The van der Waals surface area contributed by atoms with Crippen molar-refractivity contribution in [3.05, 3.63) is 61.8 Å². The number of halogens is 1. The van der Waals surface area contributed by atoms with E-state index in [0.29, 0.717) is 12.5 Å². The molecular formula is C18H20ClN3O. The highest BCUT2D eigenvalue weighted by Crippen LogP contribution is 2.37. The Morgan fingerprint density at radius 2 is 2.22 bits per heavy atom. The monoisotopic (exact) mass is 329 g/mol. The number of aromatic amines is 1. The molecule has 1 aliphatic carbocycles. The van der Waals surface area contributed by atoms with Crippen molar-refractivity contribution in [2.24, 2.45) is 0 Å². The van der Waals surface area contributed by atoms with Gasteiger partial charge in [0.25, 0.3) is 5.56 Å². The lowest BCUT2D eigenvalue weighted by Crippen LogP contribution is -2.36. The first-order valence-electron chi connectivity index (χ1n) is 8.20. The van der Waals surface area contributed by atoms with Gasteiger partial charge in [-0.25, -0.2) is 4.98 Å². The summed E-state index contributed by atoms with van der Waals surface area (Å²) in [5.74, 6) is 1.38. The molecule has 2 aliphatic rings. The third-order valence-corrected chi connectivity index (χ3v) is 5.22. The Morgan fingerprint density at radius 3 is 2.96 bits per heavy atom. The Morgan fingerprint density at radius 1 is 1.39 bits per heavy atom. The number of fused-ring (bicyclic) bond motifs is 1. The molecule has 1 saturated carbocycles. The molecule has 2 aromatic rings. The van der Waals surface area contributed by atoms with Gasteiger partial charge in [0.1, 0.15) is 5.82 Å². The Kier molecular flexibility index (Phi) is 3.74. The maximum Gasteiger partial charge on any atom is 0.255 e. The standard InChI is InChI=1S/C18H20ClN3O/c1-11-3-2-4-15(19)13(11)9-22-8-7-16-14(10-22)18(23)21-17(20-16)12-5-6-12/h2-4,12H,5-10H2,1H3,(H,20,21,23). The highest BCUT2D eigenvalue weighted by atomic mass is 35.5. The first-order chi connectivity index (χ1) is 11.1. The van der Waals surface area contributed by atoms with E-state index in [1.807, 2.05) is 12.1 Å². The van der Waals surface area contributed by atoms with Gasteiger partial charge in [-0.1, -0.05) is 23.7 Å². The first-order valence-corrected chi connectivity index (χ1v) is 8.58. The van der Waals surface area contributed by atoms with E-state index in [-0.39, 0.29) is 5.56 Å². The third kappa shape index (κ3) is 2.93. The van der Waals surface area contributed by atoms with E-state index in [9.17, 15) is 4.79 Å². The summed E-state index contributed by atoms with van der Waals surface area (Å²) in [4.78, 5) is 22.4. The Balaban J connectivity index is 1.58. The molecule has 2 heterocycles. The molecule has 1 fully saturated rings. The summed E-state index contributed by atoms with van der Waals surface area (Å²) in [7, 11) is 0. The molecule has 4 rings (SSSR count). The molecule has 0 amide bonds. The average molecular weight is 330 g/mol. The molecule has 0 bridgehead atoms. The van der Waals surface area contributed by atoms with E-state index in [2.05, 4.69) is 22.9 Å². The highest BCUT2D eigenvalue weighted by Gasteiger charge is 2.29. The van der Waals surface area contributed by atoms with Crippen LogP contribution in [0.4, 0.5) is 0 Å². The second kappa shape index (κ2) is 5.77. The van der Waals surface area contributed by atoms with Crippen molar-refractivity contribution in [3.8, 4) is 0 Å². The van der Waals surface area contributed by atoms with Gasteiger partial charge in [-0.15, -0.1) is 0 Å². The van der Waals surface area contributed by atoms with Crippen molar-refractivity contribution >= 4 is 11.6 Å². The minimum absolute atomic E-state index is 0.0393. The zero-order valence-corrected chi connectivity index (χ0v) is 14.0. The number of hydrogen-bond acceptors (Lipinski definition) is 3. The van der Waals surface area contributed by atoms with Crippen LogP contribution < -0.4 is 5.56 Å². The molecule has 1 aromatic heterocycles. The van der Waals surface area contributed by atoms with Crippen LogP contribution in [0.5, 0.6) is 0 Å². The Hall–Kier alpha value is -1.65. The van der Waals surface area contributed by atoms with Gasteiger partial charge in [0.05, 0.1) is 11.3 Å². The number of rotatable bonds is 3. The van der Waals surface area contributed by atoms with Crippen LogP contribution in [0, 0.1) is 6.92 Å². The Labute approximate surface area is 140 Å². The van der Waals surface area contributed by atoms with Gasteiger partial charge in [0.15, 0.2) is 0 Å². The van der Waals surface area contributed by atoms with Crippen molar-refractivity contribution < 1.29 is 0 Å². The zero-order chi connectivity index (χ0) is 16.0. The van der Waals surface area contributed by atoms with Crippen LogP contribution in [-0.2, 0) is 19.5 Å². The minimum Gasteiger partial charge on any atom is -0.310 e. The number of hydrogen-bond donors (Lipinski definition) is 1. The number of nitrogens with one attached hydrogen (secondary N) is 1. The molecule has 23 heavy (non-hydrogen) atoms. The van der Waals surface area contributed by atoms with Gasteiger partial charge in [0.2, 0.25) is 0 Å². The number of benzene rings is 1. The normalized spacial score (nSPS) is 18.0. The summed E-state index contributed by atoms with van der Waals surface area (Å²) < 4.78 is 0. The van der Waals surface area contributed by atoms with Crippen LogP contribution >= 0.6 is 11.6 Å². The first kappa shape index (κ1) is 14.9. The molecule has 0 spiro atoms.